The van der Waals surface area contributed by atoms with Crippen molar-refractivity contribution in [3.05, 3.63) is 83.8 Å². The van der Waals surface area contributed by atoms with Crippen molar-refractivity contribution >= 4 is 46.6 Å². The Balaban J connectivity index is 1.41. The molecule has 4 N–H and O–H groups in total. The SMILES string of the molecule is O=C(CCCCNC(=O)c1ccccc1Sc1ccc2c(C=Cc3ccccn3)n[nH]c2c1)NO. The van der Waals surface area contributed by atoms with Crippen LogP contribution in [0, 0.1) is 0 Å². The molecule has 0 aliphatic rings. The first kappa shape index (κ1) is 24.2. The number of nitrogens with zero attached hydrogens (tertiary/aromatic N) is 2. The second kappa shape index (κ2) is 12.0. The standard InChI is InChI=1S/C26H25N5O3S/c32-25(31-34)10-4-6-16-28-26(33)21-8-1-2-9-24(21)35-19-12-13-20-22(29-30-23(20)17-19)14-11-18-7-3-5-15-27-18/h1-3,5,7-9,11-15,17,34H,4,6,10,16H2,(H,28,33)(H,29,30)(H,31,32). The van der Waals surface area contributed by atoms with Gasteiger partial charge in [0.15, 0.2) is 0 Å². The predicted octanol–water partition coefficient (Wildman–Crippen LogP) is 4.69. The van der Waals surface area contributed by atoms with E-state index in [1.54, 1.807) is 17.7 Å². The highest BCUT2D eigenvalue weighted by Crippen LogP contribution is 2.32. The topological polar surface area (TPSA) is 120 Å². The molecule has 0 aliphatic heterocycles. The summed E-state index contributed by atoms with van der Waals surface area (Å²) in [5.74, 6) is -0.590. The van der Waals surface area contributed by atoms with Crippen LogP contribution in [0.25, 0.3) is 23.1 Å². The van der Waals surface area contributed by atoms with Crippen molar-refractivity contribution in [3.8, 4) is 0 Å². The minimum Gasteiger partial charge on any atom is -0.352 e. The highest BCUT2D eigenvalue weighted by molar-refractivity contribution is 7.99. The third kappa shape index (κ3) is 6.56. The van der Waals surface area contributed by atoms with E-state index in [1.165, 1.54) is 11.8 Å². The molecule has 9 heteroatoms. The number of pyridine rings is 1. The molecule has 0 spiro atoms. The maximum atomic E-state index is 12.7. The Labute approximate surface area is 206 Å². The third-order valence-electron chi connectivity index (χ3n) is 5.26. The zero-order valence-corrected chi connectivity index (χ0v) is 19.7. The quantitative estimate of drug-likeness (QED) is 0.146. The number of nitrogens with one attached hydrogen (secondary N) is 3. The van der Waals surface area contributed by atoms with E-state index in [2.05, 4.69) is 20.5 Å². The van der Waals surface area contributed by atoms with Crippen molar-refractivity contribution in [2.75, 3.05) is 6.54 Å². The van der Waals surface area contributed by atoms with Crippen LogP contribution in [0.1, 0.15) is 41.0 Å². The molecule has 0 unspecified atom stereocenters. The molecule has 8 nitrogen and oxygen atoms in total. The molecule has 0 fully saturated rings. The van der Waals surface area contributed by atoms with E-state index in [1.807, 2.05) is 66.7 Å². The summed E-state index contributed by atoms with van der Waals surface area (Å²) < 4.78 is 0. The zero-order chi connectivity index (χ0) is 24.5. The van der Waals surface area contributed by atoms with Gasteiger partial charge in [-0.3, -0.25) is 24.9 Å². The van der Waals surface area contributed by atoms with Crippen LogP contribution in [0.4, 0.5) is 0 Å². The van der Waals surface area contributed by atoms with Gasteiger partial charge in [-0.2, -0.15) is 5.10 Å². The minimum atomic E-state index is -0.427. The van der Waals surface area contributed by atoms with E-state index in [0.717, 1.165) is 32.1 Å². The summed E-state index contributed by atoms with van der Waals surface area (Å²) in [4.78, 5) is 29.9. The van der Waals surface area contributed by atoms with E-state index < -0.39 is 5.91 Å². The summed E-state index contributed by atoms with van der Waals surface area (Å²) in [6.07, 6.45) is 7.05. The van der Waals surface area contributed by atoms with E-state index in [4.69, 9.17) is 5.21 Å². The molecule has 0 saturated carbocycles. The van der Waals surface area contributed by atoms with Gasteiger partial charge in [0.1, 0.15) is 0 Å². The summed E-state index contributed by atoms with van der Waals surface area (Å²) in [5.41, 5.74) is 4.80. The normalized spacial score (nSPS) is 11.1. The van der Waals surface area contributed by atoms with Crippen molar-refractivity contribution in [2.24, 2.45) is 0 Å². The Bertz CT molecular complexity index is 1340. The maximum Gasteiger partial charge on any atom is 0.252 e. The van der Waals surface area contributed by atoms with Crippen molar-refractivity contribution in [3.63, 3.8) is 0 Å². The number of fused-ring (bicyclic) bond motifs is 1. The van der Waals surface area contributed by atoms with Gasteiger partial charge < -0.3 is 5.32 Å². The number of amides is 2. The number of hydrogen-bond donors (Lipinski definition) is 4. The third-order valence-corrected chi connectivity index (χ3v) is 6.33. The molecule has 0 aliphatic carbocycles. The summed E-state index contributed by atoms with van der Waals surface area (Å²) in [7, 11) is 0. The molecule has 4 rings (SSSR count). The molecule has 2 aromatic heterocycles. The summed E-state index contributed by atoms with van der Waals surface area (Å²) >= 11 is 1.51. The molecule has 2 aromatic carbocycles. The Morgan fingerprint density at radius 2 is 1.89 bits per heavy atom. The number of aromatic amines is 1. The number of aromatic nitrogens is 3. The lowest BCUT2D eigenvalue weighted by molar-refractivity contribution is -0.129. The van der Waals surface area contributed by atoms with Gasteiger partial charge in [0.2, 0.25) is 5.91 Å². The number of hydrogen-bond acceptors (Lipinski definition) is 6. The van der Waals surface area contributed by atoms with Crippen molar-refractivity contribution in [1.82, 2.24) is 26.0 Å². The molecule has 178 valence electrons. The van der Waals surface area contributed by atoms with E-state index in [9.17, 15) is 9.59 Å². The van der Waals surface area contributed by atoms with Crippen LogP contribution in [-0.4, -0.2) is 38.7 Å². The largest absolute Gasteiger partial charge is 0.352 e. The molecule has 0 atom stereocenters. The molecule has 35 heavy (non-hydrogen) atoms. The molecule has 2 amide bonds. The average molecular weight is 488 g/mol. The van der Waals surface area contributed by atoms with E-state index in [0.29, 0.717) is 24.9 Å². The number of H-pyrrole nitrogens is 1. The maximum absolute atomic E-state index is 12.7. The van der Waals surface area contributed by atoms with Crippen LogP contribution in [0.2, 0.25) is 0 Å². The van der Waals surface area contributed by atoms with Gasteiger partial charge in [-0.1, -0.05) is 30.0 Å². The second-order valence-corrected chi connectivity index (χ2v) is 8.87. The monoisotopic (exact) mass is 487 g/mol. The van der Waals surface area contributed by atoms with Crippen molar-refractivity contribution in [1.29, 1.82) is 0 Å². The lowest BCUT2D eigenvalue weighted by Gasteiger charge is -2.10. The van der Waals surface area contributed by atoms with Gasteiger partial charge in [-0.15, -0.1) is 0 Å². The van der Waals surface area contributed by atoms with Crippen molar-refractivity contribution < 1.29 is 14.8 Å². The first-order valence-electron chi connectivity index (χ1n) is 11.2. The molecule has 4 aromatic rings. The van der Waals surface area contributed by atoms with E-state index in [-0.39, 0.29) is 12.3 Å². The van der Waals surface area contributed by atoms with Gasteiger partial charge in [0, 0.05) is 34.3 Å². The first-order valence-corrected chi connectivity index (χ1v) is 12.0. The Morgan fingerprint density at radius 3 is 2.71 bits per heavy atom. The lowest BCUT2D eigenvalue weighted by Crippen LogP contribution is -2.25. The minimum absolute atomic E-state index is 0.163. The molecule has 0 bridgehead atoms. The van der Waals surface area contributed by atoms with Gasteiger partial charge >= 0.3 is 0 Å². The Kier molecular flexibility index (Phi) is 8.26. The Hall–Kier alpha value is -3.95. The molecule has 2 heterocycles. The van der Waals surface area contributed by atoms with Crippen LogP contribution in [-0.2, 0) is 4.79 Å². The summed E-state index contributed by atoms with van der Waals surface area (Å²) in [6.45, 7) is 0.450. The van der Waals surface area contributed by atoms with Crippen molar-refractivity contribution in [2.45, 2.75) is 29.1 Å². The fraction of sp³-hybridized carbons (Fsp3) is 0.154. The lowest BCUT2D eigenvalue weighted by atomic mass is 10.2. The number of hydroxylamine groups is 1. The number of rotatable bonds is 10. The molecule has 0 radical (unpaired) electrons. The highest BCUT2D eigenvalue weighted by atomic mass is 32.2. The molecular formula is C26H25N5O3S. The van der Waals surface area contributed by atoms with Gasteiger partial charge in [0.25, 0.3) is 5.91 Å². The van der Waals surface area contributed by atoms with Gasteiger partial charge in [0.05, 0.1) is 22.5 Å². The smallest absolute Gasteiger partial charge is 0.252 e. The number of benzene rings is 2. The van der Waals surface area contributed by atoms with Crippen LogP contribution in [0.5, 0.6) is 0 Å². The molecule has 0 saturated heterocycles. The van der Waals surface area contributed by atoms with E-state index >= 15 is 0 Å². The fourth-order valence-electron chi connectivity index (χ4n) is 3.48. The number of unbranched alkanes of at least 4 members (excludes halogenated alkanes) is 1. The first-order chi connectivity index (χ1) is 17.1. The van der Waals surface area contributed by atoms with Crippen LogP contribution < -0.4 is 10.8 Å². The fourth-order valence-corrected chi connectivity index (χ4v) is 4.47. The predicted molar refractivity (Wildman–Crippen MR) is 136 cm³/mol. The highest BCUT2D eigenvalue weighted by Gasteiger charge is 2.13. The average Bonchev–Trinajstić information content (AvgIpc) is 3.30. The van der Waals surface area contributed by atoms with Crippen LogP contribution in [0.15, 0.2) is 76.7 Å². The summed E-state index contributed by atoms with van der Waals surface area (Å²) in [5, 5.41) is 19.9. The van der Waals surface area contributed by atoms with Crippen LogP contribution in [0.3, 0.4) is 0 Å². The molecular weight excluding hydrogens is 462 g/mol. The number of carbonyl (C=O) groups excluding carboxylic acids is 2. The zero-order valence-electron chi connectivity index (χ0n) is 18.9. The van der Waals surface area contributed by atoms with Gasteiger partial charge in [-0.05, 0) is 67.5 Å². The number of carbonyl (C=O) groups is 2. The summed E-state index contributed by atoms with van der Waals surface area (Å²) in [6, 6.07) is 19.3. The second-order valence-electron chi connectivity index (χ2n) is 7.75. The Morgan fingerprint density at radius 1 is 1.03 bits per heavy atom. The van der Waals surface area contributed by atoms with Gasteiger partial charge in [-0.25, -0.2) is 5.48 Å². The van der Waals surface area contributed by atoms with Crippen LogP contribution >= 0.6 is 11.8 Å².